The third-order valence-corrected chi connectivity index (χ3v) is 3.52. The van der Waals surface area contributed by atoms with E-state index in [1.165, 1.54) is 30.6 Å². The molecule has 0 saturated carbocycles. The molecular formula is C13H11NO4S. The minimum atomic E-state index is -0.587. The number of nitrogens with zero attached hydrogens (tertiary/aromatic N) is 1. The number of nitro groups is 1. The predicted octanol–water partition coefficient (Wildman–Crippen LogP) is 3.42. The second-order valence-corrected chi connectivity index (χ2v) is 5.04. The molecule has 0 aliphatic rings. The van der Waals surface area contributed by atoms with Crippen LogP contribution in [-0.2, 0) is 4.74 Å². The van der Waals surface area contributed by atoms with Crippen molar-refractivity contribution in [3.63, 3.8) is 0 Å². The highest BCUT2D eigenvalue weighted by molar-refractivity contribution is 7.10. The van der Waals surface area contributed by atoms with Gasteiger partial charge in [0.05, 0.1) is 23.2 Å². The molecule has 19 heavy (non-hydrogen) atoms. The smallest absolute Gasteiger partial charge is 0.338 e. The van der Waals surface area contributed by atoms with Crippen molar-refractivity contribution in [2.24, 2.45) is 0 Å². The summed E-state index contributed by atoms with van der Waals surface area (Å²) in [6.45, 7) is 1.93. The lowest BCUT2D eigenvalue weighted by Gasteiger charge is -2.03. The molecule has 0 aliphatic heterocycles. The van der Waals surface area contributed by atoms with Crippen LogP contribution in [0, 0.1) is 17.0 Å². The Morgan fingerprint density at radius 2 is 2.11 bits per heavy atom. The van der Waals surface area contributed by atoms with Crippen molar-refractivity contribution in [3.05, 3.63) is 50.2 Å². The van der Waals surface area contributed by atoms with Crippen molar-refractivity contribution < 1.29 is 14.5 Å². The first-order valence-corrected chi connectivity index (χ1v) is 6.33. The molecule has 1 heterocycles. The van der Waals surface area contributed by atoms with Gasteiger partial charge in [-0.2, -0.15) is 0 Å². The van der Waals surface area contributed by atoms with Gasteiger partial charge in [-0.05, 0) is 36.1 Å². The maximum absolute atomic E-state index is 11.4. The van der Waals surface area contributed by atoms with Gasteiger partial charge in [-0.15, -0.1) is 11.3 Å². The van der Waals surface area contributed by atoms with E-state index in [2.05, 4.69) is 4.74 Å². The van der Waals surface area contributed by atoms with Gasteiger partial charge in [0.1, 0.15) is 0 Å². The van der Waals surface area contributed by atoms with Crippen molar-refractivity contribution in [2.45, 2.75) is 6.92 Å². The third kappa shape index (κ3) is 2.63. The van der Waals surface area contributed by atoms with E-state index in [1.54, 1.807) is 6.07 Å². The summed E-state index contributed by atoms with van der Waals surface area (Å²) in [6, 6.07) is 6.23. The van der Waals surface area contributed by atoms with E-state index in [0.717, 1.165) is 10.4 Å². The monoisotopic (exact) mass is 277 g/mol. The molecular weight excluding hydrogens is 266 g/mol. The average Bonchev–Trinajstić information content (AvgIpc) is 2.83. The van der Waals surface area contributed by atoms with Crippen molar-refractivity contribution in [3.8, 4) is 11.1 Å². The normalized spacial score (nSPS) is 10.2. The molecule has 0 spiro atoms. The van der Waals surface area contributed by atoms with Gasteiger partial charge in [0.15, 0.2) is 0 Å². The number of aryl methyl sites for hydroxylation is 1. The van der Waals surface area contributed by atoms with Gasteiger partial charge in [-0.1, -0.05) is 0 Å². The average molecular weight is 277 g/mol. The lowest BCUT2D eigenvalue weighted by Crippen LogP contribution is -2.02. The molecule has 0 N–H and O–H groups in total. The van der Waals surface area contributed by atoms with Crippen LogP contribution in [0.1, 0.15) is 15.2 Å². The molecule has 0 bridgehead atoms. The standard InChI is InChI=1S/C13H11NO4S/c1-8-5-10(7-19-8)11-4-3-9(13(15)18-2)6-12(11)14(16)17/h3-7H,1-2H3. The summed E-state index contributed by atoms with van der Waals surface area (Å²) in [5, 5.41) is 13.0. The first kappa shape index (κ1) is 13.2. The van der Waals surface area contributed by atoms with Crippen LogP contribution in [0.2, 0.25) is 0 Å². The Hall–Kier alpha value is -2.21. The Bertz CT molecular complexity index is 648. The van der Waals surface area contributed by atoms with E-state index in [9.17, 15) is 14.9 Å². The molecule has 2 rings (SSSR count). The third-order valence-electron chi connectivity index (χ3n) is 2.66. The largest absolute Gasteiger partial charge is 0.465 e. The van der Waals surface area contributed by atoms with Gasteiger partial charge in [-0.3, -0.25) is 10.1 Å². The van der Waals surface area contributed by atoms with E-state index in [0.29, 0.717) is 5.56 Å². The quantitative estimate of drug-likeness (QED) is 0.489. The molecule has 0 saturated heterocycles. The van der Waals surface area contributed by atoms with Gasteiger partial charge in [-0.25, -0.2) is 4.79 Å². The van der Waals surface area contributed by atoms with Crippen LogP contribution >= 0.6 is 11.3 Å². The van der Waals surface area contributed by atoms with Gasteiger partial charge in [0.25, 0.3) is 5.69 Å². The summed E-state index contributed by atoms with van der Waals surface area (Å²) >= 11 is 1.52. The molecule has 0 unspecified atom stereocenters. The minimum absolute atomic E-state index is 0.0966. The van der Waals surface area contributed by atoms with E-state index in [-0.39, 0.29) is 11.3 Å². The number of carbonyl (C=O) groups excluding carboxylic acids is 1. The van der Waals surface area contributed by atoms with Crippen molar-refractivity contribution >= 4 is 23.0 Å². The molecule has 98 valence electrons. The molecule has 0 fully saturated rings. The molecule has 0 aliphatic carbocycles. The van der Waals surface area contributed by atoms with Crippen molar-refractivity contribution in [2.75, 3.05) is 7.11 Å². The number of esters is 1. The Morgan fingerprint density at radius 1 is 1.37 bits per heavy atom. The summed E-state index contributed by atoms with van der Waals surface area (Å²) in [5.41, 5.74) is 1.36. The van der Waals surface area contributed by atoms with E-state index in [1.807, 2.05) is 18.4 Å². The summed E-state index contributed by atoms with van der Waals surface area (Å²) in [6.07, 6.45) is 0. The molecule has 0 amide bonds. The zero-order chi connectivity index (χ0) is 14.0. The fraction of sp³-hybridized carbons (Fsp3) is 0.154. The summed E-state index contributed by atoms with van der Waals surface area (Å²) < 4.78 is 4.56. The topological polar surface area (TPSA) is 69.4 Å². The lowest BCUT2D eigenvalue weighted by molar-refractivity contribution is -0.384. The summed E-state index contributed by atoms with van der Waals surface area (Å²) in [4.78, 5) is 23.1. The highest BCUT2D eigenvalue weighted by atomic mass is 32.1. The number of hydrogen-bond donors (Lipinski definition) is 0. The Kier molecular flexibility index (Phi) is 3.62. The first-order chi connectivity index (χ1) is 9.02. The number of ether oxygens (including phenoxy) is 1. The molecule has 1 aromatic carbocycles. The summed E-state index contributed by atoms with van der Waals surface area (Å²) in [7, 11) is 1.24. The molecule has 2 aromatic rings. The van der Waals surface area contributed by atoms with Crippen LogP contribution in [0.3, 0.4) is 0 Å². The highest BCUT2D eigenvalue weighted by Gasteiger charge is 2.19. The first-order valence-electron chi connectivity index (χ1n) is 5.45. The Labute approximate surface area is 113 Å². The van der Waals surface area contributed by atoms with Crippen LogP contribution in [0.4, 0.5) is 5.69 Å². The molecule has 0 atom stereocenters. The van der Waals surface area contributed by atoms with Crippen LogP contribution in [0.25, 0.3) is 11.1 Å². The van der Waals surface area contributed by atoms with E-state index >= 15 is 0 Å². The Morgan fingerprint density at radius 3 is 2.63 bits per heavy atom. The van der Waals surface area contributed by atoms with Crippen molar-refractivity contribution in [1.82, 2.24) is 0 Å². The fourth-order valence-electron chi connectivity index (χ4n) is 1.76. The zero-order valence-electron chi connectivity index (χ0n) is 10.4. The van der Waals surface area contributed by atoms with Crippen molar-refractivity contribution in [1.29, 1.82) is 0 Å². The van der Waals surface area contributed by atoms with Gasteiger partial charge in [0, 0.05) is 10.9 Å². The fourth-order valence-corrected chi connectivity index (χ4v) is 2.46. The number of nitro benzene ring substituents is 1. The number of hydrogen-bond acceptors (Lipinski definition) is 5. The number of carbonyl (C=O) groups is 1. The SMILES string of the molecule is COC(=O)c1ccc(-c2csc(C)c2)c([N+](=O)[O-])c1. The Balaban J connectivity index is 2.56. The molecule has 1 aromatic heterocycles. The van der Waals surface area contributed by atoms with Gasteiger partial charge in [0.2, 0.25) is 0 Å². The number of methoxy groups -OCH3 is 1. The maximum atomic E-state index is 11.4. The summed E-state index contributed by atoms with van der Waals surface area (Å²) in [5.74, 6) is -0.587. The van der Waals surface area contributed by atoms with Crippen LogP contribution in [0.15, 0.2) is 29.6 Å². The second kappa shape index (κ2) is 5.19. The zero-order valence-corrected chi connectivity index (χ0v) is 11.2. The maximum Gasteiger partial charge on any atom is 0.338 e. The highest BCUT2D eigenvalue weighted by Crippen LogP contribution is 2.33. The number of rotatable bonds is 3. The predicted molar refractivity (Wildman–Crippen MR) is 72.5 cm³/mol. The van der Waals surface area contributed by atoms with E-state index < -0.39 is 10.9 Å². The molecule has 0 radical (unpaired) electrons. The number of benzene rings is 1. The van der Waals surface area contributed by atoms with Crippen LogP contribution in [0.5, 0.6) is 0 Å². The molecule has 5 nitrogen and oxygen atoms in total. The number of thiophene rings is 1. The van der Waals surface area contributed by atoms with E-state index in [4.69, 9.17) is 0 Å². The second-order valence-electron chi connectivity index (χ2n) is 3.93. The van der Waals surface area contributed by atoms with Gasteiger partial charge < -0.3 is 4.74 Å². The van der Waals surface area contributed by atoms with Gasteiger partial charge >= 0.3 is 5.97 Å². The molecule has 6 heteroatoms. The minimum Gasteiger partial charge on any atom is -0.465 e. The lowest BCUT2D eigenvalue weighted by atomic mass is 10.0. The van der Waals surface area contributed by atoms with Crippen LogP contribution < -0.4 is 0 Å². The van der Waals surface area contributed by atoms with Crippen LogP contribution in [-0.4, -0.2) is 18.0 Å².